The van der Waals surface area contributed by atoms with Gasteiger partial charge in [0.05, 0.1) is 10.9 Å². The van der Waals surface area contributed by atoms with Crippen LogP contribution in [0.25, 0.3) is 22.0 Å². The maximum Gasteiger partial charge on any atom is 0.187 e. The zero-order chi connectivity index (χ0) is 23.3. The average molecular weight is 455 g/mol. The molecular weight excluding hydrogens is 431 g/mol. The van der Waals surface area contributed by atoms with Crippen molar-refractivity contribution in [2.45, 2.75) is 56.0 Å². The predicted octanol–water partition coefficient (Wildman–Crippen LogP) is 4.94. The van der Waals surface area contributed by atoms with E-state index in [1.807, 2.05) is 0 Å². The fourth-order valence-corrected chi connectivity index (χ4v) is 4.74. The van der Waals surface area contributed by atoms with Crippen molar-refractivity contribution in [1.82, 2.24) is 4.98 Å². The van der Waals surface area contributed by atoms with E-state index in [9.17, 15) is 23.1 Å². The van der Waals surface area contributed by atoms with Crippen LogP contribution in [0.1, 0.15) is 44.1 Å². The molecule has 2 aromatic carbocycles. The number of anilines is 1. The van der Waals surface area contributed by atoms with Crippen LogP contribution in [-0.4, -0.2) is 28.5 Å². The first-order chi connectivity index (χ1) is 15.8. The number of phenolic OH excluding ortho intramolecular Hbond substituents is 1. The summed E-state index contributed by atoms with van der Waals surface area (Å²) in [4.78, 5) is 16.3. The summed E-state index contributed by atoms with van der Waals surface area (Å²) in [5.74, 6) is -4.15. The summed E-state index contributed by atoms with van der Waals surface area (Å²) in [6.45, 7) is 0. The zero-order valence-corrected chi connectivity index (χ0v) is 17.9. The number of carbonyl (C=O) groups excluding carboxylic acids is 1. The van der Waals surface area contributed by atoms with Gasteiger partial charge in [-0.3, -0.25) is 4.98 Å². The number of hydrogen-bond donors (Lipinski definition) is 3. The Morgan fingerprint density at radius 3 is 2.30 bits per heavy atom. The number of halogens is 3. The summed E-state index contributed by atoms with van der Waals surface area (Å²) >= 11 is 0. The highest BCUT2D eigenvalue weighted by Crippen LogP contribution is 2.50. The molecule has 0 bridgehead atoms. The Morgan fingerprint density at radius 2 is 1.70 bits per heavy atom. The lowest BCUT2D eigenvalue weighted by molar-refractivity contribution is -0.109. The van der Waals surface area contributed by atoms with Crippen LogP contribution in [0.3, 0.4) is 0 Å². The van der Waals surface area contributed by atoms with Gasteiger partial charge in [-0.05, 0) is 62.3 Å². The van der Waals surface area contributed by atoms with E-state index in [1.54, 1.807) is 6.20 Å². The highest BCUT2D eigenvalue weighted by atomic mass is 19.1. The van der Waals surface area contributed by atoms with Gasteiger partial charge < -0.3 is 21.0 Å². The number of pyridine rings is 1. The lowest BCUT2D eigenvalue weighted by atomic mass is 9.89. The highest BCUT2D eigenvalue weighted by molar-refractivity contribution is 5.98. The number of hydrogen-bond acceptors (Lipinski definition) is 5. The Labute approximate surface area is 188 Å². The second-order valence-electron chi connectivity index (χ2n) is 9.21. The number of benzene rings is 2. The quantitative estimate of drug-likeness (QED) is 0.475. The van der Waals surface area contributed by atoms with E-state index in [1.165, 1.54) is 12.1 Å². The Bertz CT molecular complexity index is 1230. The number of rotatable bonds is 5. The van der Waals surface area contributed by atoms with Gasteiger partial charge in [-0.15, -0.1) is 0 Å². The van der Waals surface area contributed by atoms with Gasteiger partial charge in [0.15, 0.2) is 17.4 Å². The topological polar surface area (TPSA) is 88.2 Å². The van der Waals surface area contributed by atoms with Crippen molar-refractivity contribution in [3.05, 3.63) is 53.5 Å². The number of aromatic nitrogens is 1. The molecule has 4 N–H and O–H groups in total. The SMILES string of the molecule is NC1CCC(Nc2c(C3(C=O)CC3)cnc3cc(F)c(-c4cc(F)c(O)c(F)c4)cc23)CC1. The van der Waals surface area contributed by atoms with Gasteiger partial charge >= 0.3 is 0 Å². The fraction of sp³-hybridized carbons (Fsp3) is 0.360. The number of carbonyl (C=O) groups is 1. The van der Waals surface area contributed by atoms with Crippen LogP contribution in [0.4, 0.5) is 18.9 Å². The third-order valence-corrected chi connectivity index (χ3v) is 6.96. The first-order valence-electron chi connectivity index (χ1n) is 11.1. The van der Waals surface area contributed by atoms with Crippen molar-refractivity contribution in [1.29, 1.82) is 0 Å². The molecule has 2 saturated carbocycles. The second kappa shape index (κ2) is 8.02. The van der Waals surface area contributed by atoms with Gasteiger partial charge in [-0.2, -0.15) is 0 Å². The maximum atomic E-state index is 15.0. The molecule has 0 unspecified atom stereocenters. The van der Waals surface area contributed by atoms with Gasteiger partial charge in [0.25, 0.3) is 0 Å². The molecular formula is C25H24F3N3O2. The number of nitrogens with two attached hydrogens (primary N) is 1. The molecule has 8 heteroatoms. The van der Waals surface area contributed by atoms with E-state index in [2.05, 4.69) is 10.3 Å². The Kier molecular flexibility index (Phi) is 5.28. The van der Waals surface area contributed by atoms with Crippen LogP contribution >= 0.6 is 0 Å². The summed E-state index contributed by atoms with van der Waals surface area (Å²) in [7, 11) is 0. The molecule has 1 heterocycles. The van der Waals surface area contributed by atoms with Crippen LogP contribution in [-0.2, 0) is 10.2 Å². The molecule has 0 spiro atoms. The molecule has 0 aliphatic heterocycles. The Balaban J connectivity index is 1.68. The molecule has 3 aromatic rings. The van der Waals surface area contributed by atoms with Crippen LogP contribution in [0, 0.1) is 17.5 Å². The Morgan fingerprint density at radius 1 is 1.03 bits per heavy atom. The van der Waals surface area contributed by atoms with Crippen molar-refractivity contribution in [2.75, 3.05) is 5.32 Å². The van der Waals surface area contributed by atoms with E-state index in [-0.39, 0.29) is 23.2 Å². The predicted molar refractivity (Wildman–Crippen MR) is 120 cm³/mol. The number of nitrogens with zero attached hydrogens (tertiary/aromatic N) is 1. The maximum absolute atomic E-state index is 15.0. The molecule has 2 aliphatic carbocycles. The van der Waals surface area contributed by atoms with Crippen LogP contribution in [0.5, 0.6) is 5.75 Å². The van der Waals surface area contributed by atoms with Gasteiger partial charge in [0.2, 0.25) is 0 Å². The van der Waals surface area contributed by atoms with E-state index < -0.39 is 28.6 Å². The molecule has 33 heavy (non-hydrogen) atoms. The normalized spacial score (nSPS) is 21.7. The minimum absolute atomic E-state index is 0.0242. The van der Waals surface area contributed by atoms with Crippen molar-refractivity contribution >= 4 is 22.9 Å². The first-order valence-corrected chi connectivity index (χ1v) is 11.1. The van der Waals surface area contributed by atoms with Crippen LogP contribution in [0.15, 0.2) is 30.5 Å². The third kappa shape index (κ3) is 3.82. The number of fused-ring (bicyclic) bond motifs is 1. The molecule has 0 saturated heterocycles. The summed E-state index contributed by atoms with van der Waals surface area (Å²) in [6, 6.07) is 4.81. The van der Waals surface area contributed by atoms with E-state index in [0.717, 1.165) is 49.7 Å². The zero-order valence-electron chi connectivity index (χ0n) is 17.9. The standard InChI is InChI=1S/C25H24F3N3O2/c26-19-10-22-17(9-16(19)13-7-20(27)24(33)21(28)8-13)23(31-15-3-1-14(29)2-4-15)18(11-30-22)25(12-32)5-6-25/h7-12,14-15,33H,1-6,29H2,(H,30,31). The lowest BCUT2D eigenvalue weighted by Gasteiger charge is -2.30. The minimum Gasteiger partial charge on any atom is -0.503 e. The van der Waals surface area contributed by atoms with Crippen molar-refractivity contribution in [2.24, 2.45) is 5.73 Å². The molecule has 2 aliphatic rings. The van der Waals surface area contributed by atoms with E-state index in [4.69, 9.17) is 5.73 Å². The lowest BCUT2D eigenvalue weighted by Crippen LogP contribution is -2.33. The van der Waals surface area contributed by atoms with Gasteiger partial charge in [-0.1, -0.05) is 0 Å². The first kappa shape index (κ1) is 21.7. The minimum atomic E-state index is -1.17. The highest BCUT2D eigenvalue weighted by Gasteiger charge is 2.46. The summed E-state index contributed by atoms with van der Waals surface area (Å²) in [5.41, 5.74) is 7.17. The summed E-state index contributed by atoms with van der Waals surface area (Å²) in [6.07, 6.45) is 7.45. The number of nitrogens with one attached hydrogen (secondary N) is 1. The van der Waals surface area contributed by atoms with Crippen LogP contribution < -0.4 is 11.1 Å². The van der Waals surface area contributed by atoms with E-state index in [0.29, 0.717) is 29.4 Å². The van der Waals surface area contributed by atoms with Crippen molar-refractivity contribution < 1.29 is 23.1 Å². The van der Waals surface area contributed by atoms with Gasteiger partial charge in [-0.25, -0.2) is 13.2 Å². The largest absolute Gasteiger partial charge is 0.503 e. The number of aromatic hydroxyl groups is 1. The summed E-state index contributed by atoms with van der Waals surface area (Å²) in [5, 5.41) is 13.5. The van der Waals surface area contributed by atoms with Crippen molar-refractivity contribution in [3.8, 4) is 16.9 Å². The van der Waals surface area contributed by atoms with E-state index >= 15 is 0 Å². The molecule has 5 rings (SSSR count). The second-order valence-corrected chi connectivity index (χ2v) is 9.21. The third-order valence-electron chi connectivity index (χ3n) is 6.96. The average Bonchev–Trinajstić information content (AvgIpc) is 3.59. The molecule has 5 nitrogen and oxygen atoms in total. The molecule has 0 amide bonds. The van der Waals surface area contributed by atoms with Gasteiger partial charge in [0, 0.05) is 46.5 Å². The molecule has 0 atom stereocenters. The monoisotopic (exact) mass is 455 g/mol. The Hall–Kier alpha value is -3.13. The molecule has 0 radical (unpaired) electrons. The number of aldehydes is 1. The molecule has 1 aromatic heterocycles. The van der Waals surface area contributed by atoms with Crippen LogP contribution in [0.2, 0.25) is 0 Å². The molecule has 172 valence electrons. The fourth-order valence-electron chi connectivity index (χ4n) is 4.74. The molecule has 2 fully saturated rings. The smallest absolute Gasteiger partial charge is 0.187 e. The summed E-state index contributed by atoms with van der Waals surface area (Å²) < 4.78 is 42.9. The van der Waals surface area contributed by atoms with Gasteiger partial charge in [0.1, 0.15) is 12.1 Å². The van der Waals surface area contributed by atoms with Crippen molar-refractivity contribution in [3.63, 3.8) is 0 Å². The number of phenols is 1.